The molecule has 0 fully saturated rings. The van der Waals surface area contributed by atoms with Crippen LogP contribution in [-0.2, 0) is 27.2 Å². The molecular formula is C29H37N3O4. The number of aryl methyl sites for hydroxylation is 2. The lowest BCUT2D eigenvalue weighted by Crippen LogP contribution is -2.35. The van der Waals surface area contributed by atoms with Gasteiger partial charge in [0.25, 0.3) is 0 Å². The zero-order valence-corrected chi connectivity index (χ0v) is 21.8. The van der Waals surface area contributed by atoms with Gasteiger partial charge >= 0.3 is 0 Å². The maximum absolute atomic E-state index is 13.2. The summed E-state index contributed by atoms with van der Waals surface area (Å²) >= 11 is 0. The number of carbonyl (C=O) groups is 1. The number of aromatic nitrogens is 2. The van der Waals surface area contributed by atoms with E-state index in [1.165, 1.54) is 11.1 Å². The normalized spacial score (nSPS) is 13.2. The maximum Gasteiger partial charge on any atom is 0.227 e. The molecule has 1 aliphatic rings. The Morgan fingerprint density at radius 3 is 2.72 bits per heavy atom. The van der Waals surface area contributed by atoms with Crippen molar-refractivity contribution in [2.45, 2.75) is 58.8 Å². The molecule has 0 aliphatic carbocycles. The van der Waals surface area contributed by atoms with Crippen molar-refractivity contribution in [1.82, 2.24) is 9.78 Å². The van der Waals surface area contributed by atoms with E-state index in [0.717, 1.165) is 53.9 Å². The Morgan fingerprint density at radius 1 is 1.11 bits per heavy atom. The third-order valence-corrected chi connectivity index (χ3v) is 6.96. The second-order valence-corrected chi connectivity index (χ2v) is 9.28. The van der Waals surface area contributed by atoms with Crippen molar-refractivity contribution in [1.29, 1.82) is 0 Å². The van der Waals surface area contributed by atoms with Crippen LogP contribution in [0.2, 0.25) is 0 Å². The second kappa shape index (κ2) is 12.2. The number of fused-ring (bicyclic) bond motifs is 1. The Bertz CT molecular complexity index is 1170. The highest BCUT2D eigenvalue weighted by Crippen LogP contribution is 2.35. The van der Waals surface area contributed by atoms with Crippen LogP contribution in [0.1, 0.15) is 42.4 Å². The Kier molecular flexibility index (Phi) is 8.78. The molecule has 1 aliphatic heterocycles. The zero-order chi connectivity index (χ0) is 25.5. The van der Waals surface area contributed by atoms with Crippen LogP contribution in [0.5, 0.6) is 5.75 Å². The van der Waals surface area contributed by atoms with Gasteiger partial charge in [0.2, 0.25) is 5.91 Å². The summed E-state index contributed by atoms with van der Waals surface area (Å²) in [5.41, 5.74) is 6.81. The lowest BCUT2D eigenvalue weighted by atomic mass is 9.93. The Morgan fingerprint density at radius 2 is 1.92 bits per heavy atom. The summed E-state index contributed by atoms with van der Waals surface area (Å²) in [4.78, 5) is 15.1. The Hall–Kier alpha value is -3.16. The Balaban J connectivity index is 1.39. The first-order chi connectivity index (χ1) is 17.5. The fourth-order valence-corrected chi connectivity index (χ4v) is 4.77. The first kappa shape index (κ1) is 25.9. The summed E-state index contributed by atoms with van der Waals surface area (Å²) in [7, 11) is 3.29. The third-order valence-electron chi connectivity index (χ3n) is 6.96. The molecular weight excluding hydrogens is 454 g/mol. The van der Waals surface area contributed by atoms with E-state index in [-0.39, 0.29) is 12.2 Å². The molecule has 0 saturated carbocycles. The molecule has 1 amide bonds. The summed E-state index contributed by atoms with van der Waals surface area (Å²) < 4.78 is 18.4. The van der Waals surface area contributed by atoms with E-state index in [4.69, 9.17) is 14.2 Å². The molecule has 7 heteroatoms. The molecule has 0 saturated heterocycles. The SMILES string of the molecule is COC(CCn1cc(-c2cccc3c2CCCN3C(=O)CCCOc2cccc(C)c2C)cn1)OC. The smallest absolute Gasteiger partial charge is 0.227 e. The monoisotopic (exact) mass is 491 g/mol. The minimum Gasteiger partial charge on any atom is -0.493 e. The number of rotatable bonds is 11. The largest absolute Gasteiger partial charge is 0.493 e. The summed E-state index contributed by atoms with van der Waals surface area (Å²) in [5, 5.41) is 4.53. The van der Waals surface area contributed by atoms with Crippen molar-refractivity contribution in [3.8, 4) is 16.9 Å². The fourth-order valence-electron chi connectivity index (χ4n) is 4.77. The highest BCUT2D eigenvalue weighted by atomic mass is 16.7. The van der Waals surface area contributed by atoms with Gasteiger partial charge in [0.1, 0.15) is 5.75 Å². The Labute approximate surface area is 214 Å². The molecule has 0 bridgehead atoms. The lowest BCUT2D eigenvalue weighted by Gasteiger charge is -2.31. The van der Waals surface area contributed by atoms with Gasteiger partial charge in [-0.25, -0.2) is 0 Å². The van der Waals surface area contributed by atoms with Gasteiger partial charge in [0, 0.05) is 57.6 Å². The number of nitrogens with zero attached hydrogens (tertiary/aromatic N) is 3. The van der Waals surface area contributed by atoms with Crippen LogP contribution in [0, 0.1) is 13.8 Å². The van der Waals surface area contributed by atoms with Crippen molar-refractivity contribution in [3.63, 3.8) is 0 Å². The fraction of sp³-hybridized carbons (Fsp3) is 0.448. The number of benzene rings is 2. The molecule has 3 aromatic rings. The predicted molar refractivity (Wildman–Crippen MR) is 141 cm³/mol. The van der Waals surface area contributed by atoms with Gasteiger partial charge in [0.15, 0.2) is 6.29 Å². The first-order valence-corrected chi connectivity index (χ1v) is 12.7. The van der Waals surface area contributed by atoms with Gasteiger partial charge in [-0.05, 0) is 67.5 Å². The average molecular weight is 492 g/mol. The van der Waals surface area contributed by atoms with Gasteiger partial charge in [-0.3, -0.25) is 9.48 Å². The molecule has 0 atom stereocenters. The maximum atomic E-state index is 13.2. The standard InChI is InChI=1S/C29H37N3O4/c1-21-9-5-13-27(22(21)2)36-18-8-14-28(33)32-16-7-11-25-24(10-6-12-26(25)32)23-19-30-31(20-23)17-15-29(34-3)35-4/h5-6,9-10,12-13,19-20,29H,7-8,11,14-18H2,1-4H3. The molecule has 0 N–H and O–H groups in total. The number of hydrogen-bond acceptors (Lipinski definition) is 5. The van der Waals surface area contributed by atoms with Gasteiger partial charge in [0.05, 0.1) is 12.8 Å². The number of ether oxygens (including phenoxy) is 3. The third kappa shape index (κ3) is 5.97. The van der Waals surface area contributed by atoms with E-state index >= 15 is 0 Å². The molecule has 36 heavy (non-hydrogen) atoms. The van der Waals surface area contributed by atoms with E-state index in [0.29, 0.717) is 26.0 Å². The predicted octanol–water partition coefficient (Wildman–Crippen LogP) is 5.31. The number of carbonyl (C=O) groups excluding carboxylic acids is 1. The van der Waals surface area contributed by atoms with E-state index in [2.05, 4.69) is 43.3 Å². The quantitative estimate of drug-likeness (QED) is 0.269. The molecule has 4 rings (SSSR count). The van der Waals surface area contributed by atoms with Gasteiger partial charge in [-0.1, -0.05) is 24.3 Å². The lowest BCUT2D eigenvalue weighted by molar-refractivity contribution is -0.118. The van der Waals surface area contributed by atoms with Crippen molar-refractivity contribution in [3.05, 3.63) is 65.5 Å². The number of anilines is 1. The van der Waals surface area contributed by atoms with Gasteiger partial charge < -0.3 is 19.1 Å². The summed E-state index contributed by atoms with van der Waals surface area (Å²) in [5.74, 6) is 1.05. The van der Waals surface area contributed by atoms with Gasteiger partial charge in [-0.2, -0.15) is 5.10 Å². The van der Waals surface area contributed by atoms with E-state index < -0.39 is 0 Å². The highest BCUT2D eigenvalue weighted by molar-refractivity contribution is 5.96. The molecule has 0 spiro atoms. The number of amides is 1. The first-order valence-electron chi connectivity index (χ1n) is 12.7. The van der Waals surface area contributed by atoms with Crippen LogP contribution in [0.15, 0.2) is 48.8 Å². The summed E-state index contributed by atoms with van der Waals surface area (Å²) in [6, 6.07) is 12.3. The molecule has 2 heterocycles. The minimum atomic E-state index is -0.243. The van der Waals surface area contributed by atoms with Crippen molar-refractivity contribution in [2.75, 3.05) is 32.3 Å². The van der Waals surface area contributed by atoms with Crippen LogP contribution in [0.3, 0.4) is 0 Å². The average Bonchev–Trinajstić information content (AvgIpc) is 3.37. The van der Waals surface area contributed by atoms with Crippen molar-refractivity contribution in [2.24, 2.45) is 0 Å². The van der Waals surface area contributed by atoms with Crippen LogP contribution < -0.4 is 9.64 Å². The van der Waals surface area contributed by atoms with Crippen LogP contribution in [0.25, 0.3) is 11.1 Å². The van der Waals surface area contributed by atoms with Crippen molar-refractivity contribution < 1.29 is 19.0 Å². The minimum absolute atomic E-state index is 0.151. The zero-order valence-electron chi connectivity index (χ0n) is 21.8. The topological polar surface area (TPSA) is 65.8 Å². The number of hydrogen-bond donors (Lipinski definition) is 0. The second-order valence-electron chi connectivity index (χ2n) is 9.28. The van der Waals surface area contributed by atoms with Crippen LogP contribution in [-0.4, -0.2) is 49.3 Å². The molecule has 7 nitrogen and oxygen atoms in total. The van der Waals surface area contributed by atoms with Crippen LogP contribution in [0.4, 0.5) is 5.69 Å². The van der Waals surface area contributed by atoms with E-state index in [1.807, 2.05) is 34.0 Å². The summed E-state index contributed by atoms with van der Waals surface area (Å²) in [6.45, 7) is 6.13. The van der Waals surface area contributed by atoms with E-state index in [9.17, 15) is 4.79 Å². The van der Waals surface area contributed by atoms with Crippen LogP contribution >= 0.6 is 0 Å². The molecule has 0 radical (unpaired) electrons. The van der Waals surface area contributed by atoms with E-state index in [1.54, 1.807) is 14.2 Å². The van der Waals surface area contributed by atoms with Crippen molar-refractivity contribution >= 4 is 11.6 Å². The molecule has 2 aromatic carbocycles. The number of methoxy groups -OCH3 is 2. The molecule has 0 unspecified atom stereocenters. The van der Waals surface area contributed by atoms with Gasteiger partial charge in [-0.15, -0.1) is 0 Å². The molecule has 192 valence electrons. The molecule has 1 aromatic heterocycles. The highest BCUT2D eigenvalue weighted by Gasteiger charge is 2.24. The summed E-state index contributed by atoms with van der Waals surface area (Å²) in [6.07, 6.45) is 7.49.